The van der Waals surface area contributed by atoms with E-state index in [4.69, 9.17) is 19.4 Å². The number of rotatable bonds is 5. The maximum Gasteiger partial charge on any atom is 0.164 e. The van der Waals surface area contributed by atoms with E-state index in [-0.39, 0.29) is 0 Å². The van der Waals surface area contributed by atoms with Crippen LogP contribution in [0.5, 0.6) is 0 Å². The molecule has 270 valence electrons. The minimum absolute atomic E-state index is 0.580. The van der Waals surface area contributed by atoms with Gasteiger partial charge in [0.2, 0.25) is 0 Å². The molecule has 0 fully saturated rings. The molecule has 0 unspecified atom stereocenters. The van der Waals surface area contributed by atoms with E-state index in [9.17, 15) is 0 Å². The van der Waals surface area contributed by atoms with E-state index in [1.54, 1.807) is 0 Å². The summed E-state index contributed by atoms with van der Waals surface area (Å²) in [6.45, 7) is 0. The van der Waals surface area contributed by atoms with Crippen LogP contribution in [0.25, 0.3) is 116 Å². The molecule has 0 N–H and O–H groups in total. The van der Waals surface area contributed by atoms with Crippen molar-refractivity contribution in [1.29, 1.82) is 0 Å². The van der Waals surface area contributed by atoms with Gasteiger partial charge in [-0.1, -0.05) is 152 Å². The van der Waals surface area contributed by atoms with Crippen molar-refractivity contribution >= 4 is 65.3 Å². The second-order valence-electron chi connectivity index (χ2n) is 14.8. The molecule has 0 saturated heterocycles. The summed E-state index contributed by atoms with van der Waals surface area (Å²) in [5.41, 5.74) is 9.73. The fourth-order valence-corrected chi connectivity index (χ4v) is 8.67. The summed E-state index contributed by atoms with van der Waals surface area (Å²) in [5.74, 6) is 1.80. The highest BCUT2D eigenvalue weighted by molar-refractivity contribution is 6.19. The summed E-state index contributed by atoms with van der Waals surface area (Å²) in [7, 11) is 0. The first-order valence-corrected chi connectivity index (χ1v) is 19.5. The summed E-state index contributed by atoms with van der Waals surface area (Å²) in [6.07, 6.45) is 0. The maximum absolute atomic E-state index is 6.90. The molecule has 12 rings (SSSR count). The van der Waals surface area contributed by atoms with E-state index in [1.165, 1.54) is 26.9 Å². The Balaban J connectivity index is 1.19. The summed E-state index contributed by atoms with van der Waals surface area (Å²) >= 11 is 0. The first-order valence-electron chi connectivity index (χ1n) is 19.5. The third-order valence-corrected chi connectivity index (χ3v) is 11.4. The summed E-state index contributed by atoms with van der Waals surface area (Å²) in [5, 5.41) is 9.03. The SMILES string of the molecule is c1ccc(-c2cc(-n3c4ccccc4c4cc5ccccc5cc43)c3c(c2)oc2cccc(-c4nc(-c5ccccc5)nc(-c5ccc6ccccc6c5)n4)c23)cc1. The van der Waals surface area contributed by atoms with Crippen molar-refractivity contribution in [1.82, 2.24) is 19.5 Å². The molecule has 3 heterocycles. The van der Waals surface area contributed by atoms with Crippen LogP contribution >= 0.6 is 0 Å². The molecule has 9 aromatic carbocycles. The molecule has 0 aliphatic heterocycles. The minimum atomic E-state index is 0.580. The summed E-state index contributed by atoms with van der Waals surface area (Å²) in [4.78, 5) is 15.6. The zero-order chi connectivity index (χ0) is 38.2. The molecule has 5 heteroatoms. The van der Waals surface area contributed by atoms with Crippen molar-refractivity contribution in [2.75, 3.05) is 0 Å². The highest BCUT2D eigenvalue weighted by Crippen LogP contribution is 2.44. The highest BCUT2D eigenvalue weighted by Gasteiger charge is 2.23. The molecule has 0 saturated carbocycles. The Labute approximate surface area is 333 Å². The van der Waals surface area contributed by atoms with Gasteiger partial charge in [0.05, 0.1) is 22.1 Å². The molecule has 5 nitrogen and oxygen atoms in total. The fourth-order valence-electron chi connectivity index (χ4n) is 8.67. The average Bonchev–Trinajstić information content (AvgIpc) is 3.83. The van der Waals surface area contributed by atoms with E-state index in [2.05, 4.69) is 156 Å². The van der Waals surface area contributed by atoms with E-state index in [0.29, 0.717) is 17.5 Å². The van der Waals surface area contributed by atoms with Crippen LogP contribution in [0, 0.1) is 0 Å². The molecule has 58 heavy (non-hydrogen) atoms. The number of aromatic nitrogens is 4. The van der Waals surface area contributed by atoms with Gasteiger partial charge in [-0.15, -0.1) is 0 Å². The smallest absolute Gasteiger partial charge is 0.164 e. The Hall–Kier alpha value is -7.89. The van der Waals surface area contributed by atoms with Crippen LogP contribution in [0.1, 0.15) is 0 Å². The van der Waals surface area contributed by atoms with Crippen LogP contribution in [-0.4, -0.2) is 19.5 Å². The third-order valence-electron chi connectivity index (χ3n) is 11.4. The molecule has 3 aromatic heterocycles. The molecule has 0 aliphatic rings. The molecule has 0 radical (unpaired) electrons. The van der Waals surface area contributed by atoms with Crippen LogP contribution in [0.15, 0.2) is 199 Å². The number of hydrogen-bond acceptors (Lipinski definition) is 4. The van der Waals surface area contributed by atoms with Crippen LogP contribution in [0.2, 0.25) is 0 Å². The Bertz CT molecular complexity index is 3570. The van der Waals surface area contributed by atoms with Gasteiger partial charge in [-0.25, -0.2) is 15.0 Å². The van der Waals surface area contributed by atoms with Crippen molar-refractivity contribution in [2.45, 2.75) is 0 Å². The van der Waals surface area contributed by atoms with Gasteiger partial charge in [0.25, 0.3) is 0 Å². The van der Waals surface area contributed by atoms with Crippen LogP contribution in [0.4, 0.5) is 0 Å². The predicted molar refractivity (Wildman–Crippen MR) is 238 cm³/mol. The van der Waals surface area contributed by atoms with Gasteiger partial charge >= 0.3 is 0 Å². The lowest BCUT2D eigenvalue weighted by Gasteiger charge is -2.14. The van der Waals surface area contributed by atoms with Gasteiger partial charge < -0.3 is 8.98 Å². The van der Waals surface area contributed by atoms with Crippen LogP contribution < -0.4 is 0 Å². The second-order valence-corrected chi connectivity index (χ2v) is 14.8. The van der Waals surface area contributed by atoms with E-state index >= 15 is 0 Å². The highest BCUT2D eigenvalue weighted by atomic mass is 16.3. The van der Waals surface area contributed by atoms with Crippen LogP contribution in [0.3, 0.4) is 0 Å². The van der Waals surface area contributed by atoms with Gasteiger partial charge in [0, 0.05) is 32.8 Å². The molecule has 0 amide bonds. The number of nitrogens with zero attached hydrogens (tertiary/aromatic N) is 4. The molecule has 0 spiro atoms. The molecule has 12 aromatic rings. The van der Waals surface area contributed by atoms with Crippen molar-refractivity contribution in [3.05, 3.63) is 194 Å². The van der Waals surface area contributed by atoms with Crippen molar-refractivity contribution < 1.29 is 4.42 Å². The summed E-state index contributed by atoms with van der Waals surface area (Å²) < 4.78 is 9.32. The van der Waals surface area contributed by atoms with E-state index in [1.807, 2.05) is 42.5 Å². The molecule has 0 aliphatic carbocycles. The quantitative estimate of drug-likeness (QED) is 0.176. The first-order chi connectivity index (χ1) is 28.7. The third kappa shape index (κ3) is 5.14. The standard InChI is InChI=1S/C53H32N4O/c1-3-14-33(15-4-1)40-31-46(57-44-24-12-11-22-41(44)43-29-37-20-9-10-21-38(37)30-45(43)57)50-48(32-40)58-47-25-13-23-42(49(47)50)53-55-51(35-17-5-2-6-18-35)54-52(56-53)39-27-26-34-16-7-8-19-36(34)28-39/h1-32H. The lowest BCUT2D eigenvalue weighted by Crippen LogP contribution is -2.01. The Morgan fingerprint density at radius 2 is 0.983 bits per heavy atom. The van der Waals surface area contributed by atoms with Gasteiger partial charge in [0.15, 0.2) is 17.5 Å². The lowest BCUT2D eigenvalue weighted by molar-refractivity contribution is 0.669. The molecule has 0 bridgehead atoms. The number of para-hydroxylation sites is 1. The fraction of sp³-hybridized carbons (Fsp3) is 0. The lowest BCUT2D eigenvalue weighted by atomic mass is 9.99. The molecular formula is C53H32N4O. The van der Waals surface area contributed by atoms with Crippen LogP contribution in [-0.2, 0) is 0 Å². The second kappa shape index (κ2) is 12.8. The number of benzene rings is 9. The zero-order valence-electron chi connectivity index (χ0n) is 31.2. The number of hydrogen-bond donors (Lipinski definition) is 0. The Kier molecular flexibility index (Phi) is 7.16. The molecule has 0 atom stereocenters. The monoisotopic (exact) mass is 740 g/mol. The van der Waals surface area contributed by atoms with E-state index in [0.717, 1.165) is 71.9 Å². The largest absolute Gasteiger partial charge is 0.456 e. The topological polar surface area (TPSA) is 56.7 Å². The van der Waals surface area contributed by atoms with Gasteiger partial charge in [-0.3, -0.25) is 0 Å². The number of fused-ring (bicyclic) bond motifs is 8. The van der Waals surface area contributed by atoms with Crippen molar-refractivity contribution in [3.63, 3.8) is 0 Å². The first kappa shape index (κ1) is 32.4. The predicted octanol–water partition coefficient (Wildman–Crippen LogP) is 13.8. The average molecular weight is 741 g/mol. The normalized spacial score (nSPS) is 11.8. The minimum Gasteiger partial charge on any atom is -0.456 e. The van der Waals surface area contributed by atoms with Gasteiger partial charge in [-0.2, -0.15) is 0 Å². The molecular weight excluding hydrogens is 709 g/mol. The van der Waals surface area contributed by atoms with Gasteiger partial charge in [-0.05, 0) is 75.1 Å². The maximum atomic E-state index is 6.90. The number of furan rings is 1. The Morgan fingerprint density at radius 3 is 1.78 bits per heavy atom. The zero-order valence-corrected chi connectivity index (χ0v) is 31.2. The van der Waals surface area contributed by atoms with Crippen molar-refractivity contribution in [2.24, 2.45) is 0 Å². The van der Waals surface area contributed by atoms with E-state index < -0.39 is 0 Å². The van der Waals surface area contributed by atoms with Crippen molar-refractivity contribution in [3.8, 4) is 51.0 Å². The summed E-state index contributed by atoms with van der Waals surface area (Å²) in [6, 6.07) is 68.0. The van der Waals surface area contributed by atoms with Gasteiger partial charge in [0.1, 0.15) is 11.2 Å². The Morgan fingerprint density at radius 1 is 0.345 bits per heavy atom.